The molecule has 7 nitrogen and oxygen atoms in total. The smallest absolute Gasteiger partial charge is 0.415 e. The molecular weight excluding hydrogens is 474 g/mol. The van der Waals surface area contributed by atoms with Crippen LogP contribution in [0, 0.1) is 5.92 Å². The monoisotopic (exact) mass is 519 g/mol. The van der Waals surface area contributed by atoms with Gasteiger partial charge in [-0.1, -0.05) is 34.6 Å². The molecule has 2 N–H and O–H groups in total. The Kier molecular flexibility index (Phi) is 15.5. The minimum Gasteiger partial charge on any atom is -0.494 e. The number of ether oxygens (including phenoxy) is 2. The van der Waals surface area contributed by atoms with Crippen LogP contribution in [-0.4, -0.2) is 60.3 Å². The lowest BCUT2D eigenvalue weighted by atomic mass is 10.2. The van der Waals surface area contributed by atoms with Crippen LogP contribution in [0.2, 0.25) is 0 Å². The van der Waals surface area contributed by atoms with E-state index in [1.54, 1.807) is 29.2 Å². The molecule has 0 spiro atoms. The highest BCUT2D eigenvalue weighted by atomic mass is 32.2. The zero-order valence-corrected chi connectivity index (χ0v) is 23.7. The quantitative estimate of drug-likeness (QED) is 0.516. The summed E-state index contributed by atoms with van der Waals surface area (Å²) in [6.07, 6.45) is 0.499. The summed E-state index contributed by atoms with van der Waals surface area (Å²) < 4.78 is 23.0. The van der Waals surface area contributed by atoms with Gasteiger partial charge in [-0.3, -0.25) is 4.21 Å². The number of hydrogen-bond donors (Lipinski definition) is 1. The van der Waals surface area contributed by atoms with Crippen molar-refractivity contribution >= 4 is 22.6 Å². The van der Waals surface area contributed by atoms with Crippen LogP contribution < -0.4 is 20.1 Å². The largest absolute Gasteiger partial charge is 0.494 e. The van der Waals surface area contributed by atoms with Gasteiger partial charge in [-0.05, 0) is 67.8 Å². The van der Waals surface area contributed by atoms with Crippen LogP contribution in [-0.2, 0) is 10.8 Å². The van der Waals surface area contributed by atoms with E-state index in [1.807, 2.05) is 32.9 Å². The lowest BCUT2D eigenvalue weighted by molar-refractivity contribution is 0.155. The van der Waals surface area contributed by atoms with Crippen LogP contribution in [0.25, 0.3) is 0 Å². The second-order valence-corrected chi connectivity index (χ2v) is 10.2. The summed E-state index contributed by atoms with van der Waals surface area (Å²) in [6, 6.07) is 14.8. The highest BCUT2D eigenvalue weighted by Crippen LogP contribution is 2.21. The molecule has 3 rings (SSSR count). The molecule has 1 saturated heterocycles. The fourth-order valence-corrected chi connectivity index (χ4v) is 4.22. The summed E-state index contributed by atoms with van der Waals surface area (Å²) >= 11 is 0. The average Bonchev–Trinajstić information content (AvgIpc) is 3.13. The molecule has 1 aliphatic heterocycles. The predicted molar refractivity (Wildman–Crippen MR) is 151 cm³/mol. The van der Waals surface area contributed by atoms with E-state index in [0.717, 1.165) is 36.9 Å². The zero-order chi connectivity index (χ0) is 26.9. The van der Waals surface area contributed by atoms with Crippen molar-refractivity contribution < 1.29 is 18.5 Å². The summed E-state index contributed by atoms with van der Waals surface area (Å²) in [7, 11) is -1.13. The summed E-state index contributed by atoms with van der Waals surface area (Å²) in [5.41, 5.74) is 6.57. The van der Waals surface area contributed by atoms with Crippen molar-refractivity contribution in [3.63, 3.8) is 0 Å². The topological polar surface area (TPSA) is 85.1 Å². The number of carbonyl (C=O) groups is 1. The first-order valence-corrected chi connectivity index (χ1v) is 14.3. The van der Waals surface area contributed by atoms with Gasteiger partial charge in [0.15, 0.2) is 0 Å². The summed E-state index contributed by atoms with van der Waals surface area (Å²) in [5, 5.41) is 0. The second-order valence-electron chi connectivity index (χ2n) is 8.66. The lowest BCUT2D eigenvalue weighted by Crippen LogP contribution is -2.37. The fraction of sp³-hybridized carbons (Fsp3) is 0.536. The molecule has 2 aromatic rings. The Bertz CT molecular complexity index is 886. The van der Waals surface area contributed by atoms with Crippen molar-refractivity contribution in [2.75, 3.05) is 50.0 Å². The Morgan fingerprint density at radius 3 is 2.08 bits per heavy atom. The molecule has 8 heteroatoms. The number of anilines is 1. The minimum absolute atomic E-state index is 0.362. The molecule has 0 radical (unpaired) electrons. The first-order chi connectivity index (χ1) is 17.3. The average molecular weight is 520 g/mol. The Morgan fingerprint density at radius 2 is 1.53 bits per heavy atom. The molecule has 1 fully saturated rings. The molecular formula is C28H45N3O4S. The molecule has 1 atom stereocenters. The maximum Gasteiger partial charge on any atom is 0.415 e. The first-order valence-electron chi connectivity index (χ1n) is 13.0. The molecule has 0 saturated carbocycles. The van der Waals surface area contributed by atoms with Crippen molar-refractivity contribution in [1.82, 2.24) is 4.90 Å². The van der Waals surface area contributed by atoms with E-state index in [2.05, 4.69) is 37.8 Å². The normalized spacial score (nSPS) is 14.0. The van der Waals surface area contributed by atoms with Gasteiger partial charge in [-0.2, -0.15) is 0 Å². The number of benzene rings is 2. The lowest BCUT2D eigenvalue weighted by Gasteiger charge is -2.23. The molecule has 1 unspecified atom stereocenters. The Hall–Kier alpha value is -2.58. The van der Waals surface area contributed by atoms with Crippen molar-refractivity contribution in [2.24, 2.45) is 11.7 Å². The number of rotatable bonds is 7. The fourth-order valence-electron chi connectivity index (χ4n) is 3.33. The van der Waals surface area contributed by atoms with Gasteiger partial charge >= 0.3 is 6.09 Å². The predicted octanol–water partition coefficient (Wildman–Crippen LogP) is 5.55. The molecule has 0 aromatic heterocycles. The van der Waals surface area contributed by atoms with E-state index < -0.39 is 10.8 Å². The third-order valence-corrected chi connectivity index (χ3v) is 6.27. The van der Waals surface area contributed by atoms with Crippen LogP contribution in [0.1, 0.15) is 48.0 Å². The number of nitrogens with zero attached hydrogens (tertiary/aromatic N) is 2. The zero-order valence-electron chi connectivity index (χ0n) is 22.9. The van der Waals surface area contributed by atoms with Crippen LogP contribution in [0.15, 0.2) is 53.4 Å². The minimum atomic E-state index is -1.13. The van der Waals surface area contributed by atoms with Gasteiger partial charge in [-0.25, -0.2) is 4.79 Å². The Morgan fingerprint density at radius 1 is 0.944 bits per heavy atom. The molecule has 1 heterocycles. The molecule has 1 amide bonds. The van der Waals surface area contributed by atoms with Crippen molar-refractivity contribution in [3.8, 4) is 11.5 Å². The number of hydrogen-bond acceptors (Lipinski definition) is 6. The highest BCUT2D eigenvalue weighted by Gasteiger charge is 2.21. The Balaban J connectivity index is 0.000000982. The summed E-state index contributed by atoms with van der Waals surface area (Å²) in [6.45, 7) is 16.3. The van der Waals surface area contributed by atoms with Gasteiger partial charge in [0.25, 0.3) is 0 Å². The maximum absolute atomic E-state index is 12.6. The van der Waals surface area contributed by atoms with Crippen LogP contribution >= 0.6 is 0 Å². The van der Waals surface area contributed by atoms with Gasteiger partial charge in [0.05, 0.1) is 17.4 Å². The number of amides is 1. The first kappa shape index (κ1) is 31.4. The number of nitrogens with two attached hydrogens (primary N) is 1. The van der Waals surface area contributed by atoms with Crippen LogP contribution in [0.4, 0.5) is 10.5 Å². The highest BCUT2D eigenvalue weighted by molar-refractivity contribution is 7.85. The Labute approximate surface area is 220 Å². The molecule has 0 aliphatic carbocycles. The van der Waals surface area contributed by atoms with E-state index in [0.29, 0.717) is 42.6 Å². The van der Waals surface area contributed by atoms with Crippen LogP contribution in [0.5, 0.6) is 11.5 Å². The van der Waals surface area contributed by atoms with Crippen molar-refractivity contribution in [1.29, 1.82) is 0 Å². The molecule has 36 heavy (non-hydrogen) atoms. The van der Waals surface area contributed by atoms with Gasteiger partial charge in [0, 0.05) is 49.1 Å². The van der Waals surface area contributed by atoms with Crippen LogP contribution in [0.3, 0.4) is 0 Å². The van der Waals surface area contributed by atoms with E-state index in [1.165, 1.54) is 0 Å². The second kappa shape index (κ2) is 17.8. The third-order valence-electron chi connectivity index (χ3n) is 4.86. The van der Waals surface area contributed by atoms with Crippen molar-refractivity contribution in [3.05, 3.63) is 48.5 Å². The molecule has 202 valence electrons. The van der Waals surface area contributed by atoms with Crippen molar-refractivity contribution in [2.45, 2.75) is 52.9 Å². The summed E-state index contributed by atoms with van der Waals surface area (Å²) in [5.74, 6) is 2.55. The van der Waals surface area contributed by atoms with Gasteiger partial charge in [-0.15, -0.1) is 0 Å². The summed E-state index contributed by atoms with van der Waals surface area (Å²) in [4.78, 5) is 17.3. The SMILES string of the molecule is CC.CC(C)C.CCOc1ccc(N2CCCN(C(=O)Oc3ccc(S(=O)CCN)cc3)CC2)cc1. The molecule has 0 bridgehead atoms. The van der Waals surface area contributed by atoms with E-state index in [9.17, 15) is 9.00 Å². The maximum atomic E-state index is 12.6. The van der Waals surface area contributed by atoms with E-state index in [-0.39, 0.29) is 6.09 Å². The van der Waals surface area contributed by atoms with E-state index >= 15 is 0 Å². The number of carbonyl (C=O) groups excluding carboxylic acids is 1. The molecule has 2 aromatic carbocycles. The van der Waals surface area contributed by atoms with E-state index in [4.69, 9.17) is 15.2 Å². The van der Waals surface area contributed by atoms with Gasteiger partial charge in [0.2, 0.25) is 0 Å². The standard InChI is InChI=1S/C22H29N3O4S.C4H10.C2H6/c1-2-28-19-6-4-18(5-7-19)24-13-3-14-25(16-15-24)22(26)29-20-8-10-21(11-9-20)30(27)17-12-23;1-4(2)3;1-2/h4-11H,2-3,12-17,23H2,1H3;4H,1-3H3;1-2H3. The van der Waals surface area contributed by atoms with Gasteiger partial charge < -0.3 is 25.0 Å². The third kappa shape index (κ3) is 11.4. The van der Waals surface area contributed by atoms with Gasteiger partial charge in [0.1, 0.15) is 11.5 Å². The molecule has 1 aliphatic rings.